The number of aromatic carboxylic acids is 1. The molecule has 8 heteroatoms. The van der Waals surface area contributed by atoms with Gasteiger partial charge in [-0.2, -0.15) is 13.2 Å². The lowest BCUT2D eigenvalue weighted by molar-refractivity contribution is -0.167. The highest BCUT2D eigenvalue weighted by molar-refractivity contribution is 5.94. The molecule has 1 rings (SSSR count). The van der Waals surface area contributed by atoms with Gasteiger partial charge in [-0.05, 0) is 12.1 Å². The van der Waals surface area contributed by atoms with Crippen molar-refractivity contribution in [1.82, 2.24) is 4.98 Å². The molecule has 0 aliphatic heterocycles. The molecule has 0 saturated heterocycles. The lowest BCUT2D eigenvalue weighted by atomic mass is 10.3. The average molecular weight is 234 g/mol. The monoisotopic (exact) mass is 234 g/mol. The molecule has 16 heavy (non-hydrogen) atoms. The molecule has 0 bridgehead atoms. The van der Waals surface area contributed by atoms with Crippen molar-refractivity contribution >= 4 is 17.7 Å². The fourth-order valence-corrected chi connectivity index (χ4v) is 0.811. The molecule has 0 fully saturated rings. The molecule has 1 aromatic heterocycles. The van der Waals surface area contributed by atoms with Crippen LogP contribution in [0.25, 0.3) is 0 Å². The predicted octanol–water partition coefficient (Wildman–Crippen LogP) is 1.28. The highest BCUT2D eigenvalue weighted by atomic mass is 19.4. The van der Waals surface area contributed by atoms with Gasteiger partial charge in [0.25, 0.3) is 0 Å². The number of alkyl halides is 3. The minimum atomic E-state index is -5.04. The quantitative estimate of drug-likeness (QED) is 0.807. The largest absolute Gasteiger partial charge is 0.477 e. The minimum Gasteiger partial charge on any atom is -0.477 e. The molecule has 0 unspecified atom stereocenters. The van der Waals surface area contributed by atoms with Gasteiger partial charge in [-0.3, -0.25) is 4.79 Å². The van der Waals surface area contributed by atoms with Crippen molar-refractivity contribution < 1.29 is 27.9 Å². The average Bonchev–Trinajstić information content (AvgIpc) is 2.16. The standard InChI is InChI=1S/C8H5F3N2O3/c9-8(10,11)7(16)13-5-3-1-2-4(12-5)6(14)15/h1-3H,(H,14,15)(H,12,13,16). The van der Waals surface area contributed by atoms with Crippen molar-refractivity contribution in [2.24, 2.45) is 0 Å². The molecule has 0 saturated carbocycles. The van der Waals surface area contributed by atoms with E-state index in [2.05, 4.69) is 4.98 Å². The molecule has 0 aliphatic carbocycles. The van der Waals surface area contributed by atoms with Crippen molar-refractivity contribution in [1.29, 1.82) is 0 Å². The number of hydrogen-bond acceptors (Lipinski definition) is 3. The number of carbonyl (C=O) groups excluding carboxylic acids is 1. The van der Waals surface area contributed by atoms with Gasteiger partial charge in [0.2, 0.25) is 0 Å². The summed E-state index contributed by atoms with van der Waals surface area (Å²) in [6.45, 7) is 0. The maximum atomic E-state index is 11.8. The van der Waals surface area contributed by atoms with Crippen LogP contribution >= 0.6 is 0 Å². The summed E-state index contributed by atoms with van der Waals surface area (Å²) in [6, 6.07) is 3.31. The number of carbonyl (C=O) groups is 2. The molecule has 1 aromatic rings. The first-order valence-electron chi connectivity index (χ1n) is 3.89. The number of nitrogens with zero attached hydrogens (tertiary/aromatic N) is 1. The lowest BCUT2D eigenvalue weighted by Crippen LogP contribution is -2.30. The summed E-state index contributed by atoms with van der Waals surface area (Å²) in [4.78, 5) is 24.2. The van der Waals surface area contributed by atoms with Gasteiger partial charge >= 0.3 is 18.1 Å². The first-order chi connectivity index (χ1) is 7.30. The first kappa shape index (κ1) is 12.0. The molecule has 0 spiro atoms. The van der Waals surface area contributed by atoms with Gasteiger partial charge in [-0.15, -0.1) is 0 Å². The molecule has 0 aliphatic rings. The Labute approximate surface area is 86.9 Å². The SMILES string of the molecule is O=C(O)c1cccc(NC(=O)C(F)(F)F)n1. The number of pyridine rings is 1. The van der Waals surface area contributed by atoms with E-state index >= 15 is 0 Å². The summed E-state index contributed by atoms with van der Waals surface area (Å²) in [5, 5.41) is 9.94. The van der Waals surface area contributed by atoms with Gasteiger partial charge in [0.05, 0.1) is 0 Å². The number of rotatable bonds is 2. The Morgan fingerprint density at radius 3 is 2.44 bits per heavy atom. The van der Waals surface area contributed by atoms with Crippen LogP contribution in [0.1, 0.15) is 10.5 Å². The number of halogens is 3. The van der Waals surface area contributed by atoms with Crippen LogP contribution in [0.3, 0.4) is 0 Å². The van der Waals surface area contributed by atoms with Crippen LogP contribution in [-0.2, 0) is 4.79 Å². The zero-order chi connectivity index (χ0) is 12.3. The van der Waals surface area contributed by atoms with E-state index < -0.39 is 29.6 Å². The Bertz CT molecular complexity index is 431. The highest BCUT2D eigenvalue weighted by Gasteiger charge is 2.38. The summed E-state index contributed by atoms with van der Waals surface area (Å²) in [5.41, 5.74) is -0.458. The van der Waals surface area contributed by atoms with E-state index in [1.54, 1.807) is 0 Å². The minimum absolute atomic E-state index is 0.458. The first-order valence-corrected chi connectivity index (χ1v) is 3.89. The van der Waals surface area contributed by atoms with E-state index in [9.17, 15) is 22.8 Å². The predicted molar refractivity (Wildman–Crippen MR) is 45.9 cm³/mol. The molecule has 1 heterocycles. The Morgan fingerprint density at radius 2 is 1.94 bits per heavy atom. The molecule has 0 radical (unpaired) electrons. The number of nitrogens with one attached hydrogen (secondary N) is 1. The van der Waals surface area contributed by atoms with Gasteiger partial charge < -0.3 is 10.4 Å². The highest BCUT2D eigenvalue weighted by Crippen LogP contribution is 2.17. The summed E-state index contributed by atoms with van der Waals surface area (Å²) in [5.74, 6) is -4.08. The van der Waals surface area contributed by atoms with Crippen LogP contribution in [0.5, 0.6) is 0 Å². The van der Waals surface area contributed by atoms with E-state index in [0.717, 1.165) is 12.1 Å². The van der Waals surface area contributed by atoms with Crippen molar-refractivity contribution in [3.63, 3.8) is 0 Å². The normalized spacial score (nSPS) is 10.9. The van der Waals surface area contributed by atoms with Crippen molar-refractivity contribution in [2.45, 2.75) is 6.18 Å². The smallest absolute Gasteiger partial charge is 0.471 e. The number of carboxylic acid groups (broad SMARTS) is 1. The summed E-state index contributed by atoms with van der Waals surface area (Å²) in [6.07, 6.45) is -5.04. The molecule has 0 atom stereocenters. The summed E-state index contributed by atoms with van der Waals surface area (Å²) < 4.78 is 35.5. The fraction of sp³-hybridized carbons (Fsp3) is 0.125. The van der Waals surface area contributed by atoms with Gasteiger partial charge in [-0.1, -0.05) is 6.07 Å². The Kier molecular flexibility index (Phi) is 3.11. The van der Waals surface area contributed by atoms with E-state index in [4.69, 9.17) is 5.11 Å². The number of amides is 1. The van der Waals surface area contributed by atoms with Crippen LogP contribution < -0.4 is 5.32 Å². The lowest BCUT2D eigenvalue weighted by Gasteiger charge is -2.07. The summed E-state index contributed by atoms with van der Waals surface area (Å²) in [7, 11) is 0. The number of anilines is 1. The molecule has 2 N–H and O–H groups in total. The van der Waals surface area contributed by atoms with E-state index in [-0.39, 0.29) is 0 Å². The van der Waals surface area contributed by atoms with Crippen LogP contribution in [0, 0.1) is 0 Å². The van der Waals surface area contributed by atoms with Crippen LogP contribution in [0.15, 0.2) is 18.2 Å². The van der Waals surface area contributed by atoms with Crippen LogP contribution in [-0.4, -0.2) is 28.1 Å². The third-order valence-corrected chi connectivity index (χ3v) is 1.47. The van der Waals surface area contributed by atoms with Crippen molar-refractivity contribution in [3.8, 4) is 0 Å². The van der Waals surface area contributed by atoms with Gasteiger partial charge in [0, 0.05) is 0 Å². The number of hydrogen-bond donors (Lipinski definition) is 2. The second-order valence-corrected chi connectivity index (χ2v) is 2.67. The second-order valence-electron chi connectivity index (χ2n) is 2.67. The van der Waals surface area contributed by atoms with Crippen molar-refractivity contribution in [3.05, 3.63) is 23.9 Å². The van der Waals surface area contributed by atoms with E-state index in [1.165, 1.54) is 11.4 Å². The molecule has 0 aromatic carbocycles. The van der Waals surface area contributed by atoms with Crippen LogP contribution in [0.4, 0.5) is 19.0 Å². The molecular formula is C8H5F3N2O3. The third-order valence-electron chi connectivity index (χ3n) is 1.47. The Hall–Kier alpha value is -2.12. The van der Waals surface area contributed by atoms with Crippen LogP contribution in [0.2, 0.25) is 0 Å². The number of carboxylic acids is 1. The maximum absolute atomic E-state index is 11.8. The zero-order valence-electron chi connectivity index (χ0n) is 7.58. The Morgan fingerprint density at radius 1 is 1.31 bits per heavy atom. The van der Waals surface area contributed by atoms with Gasteiger partial charge in [0.1, 0.15) is 5.82 Å². The fourth-order valence-electron chi connectivity index (χ4n) is 0.811. The third kappa shape index (κ3) is 2.94. The Balaban J connectivity index is 2.87. The molecule has 1 amide bonds. The maximum Gasteiger partial charge on any atom is 0.471 e. The summed E-state index contributed by atoms with van der Waals surface area (Å²) >= 11 is 0. The molecule has 5 nitrogen and oxygen atoms in total. The van der Waals surface area contributed by atoms with Gasteiger partial charge in [-0.25, -0.2) is 9.78 Å². The number of aromatic nitrogens is 1. The van der Waals surface area contributed by atoms with E-state index in [1.807, 2.05) is 0 Å². The van der Waals surface area contributed by atoms with E-state index in [0.29, 0.717) is 0 Å². The van der Waals surface area contributed by atoms with Gasteiger partial charge in [0.15, 0.2) is 5.69 Å². The molecule has 86 valence electrons. The zero-order valence-corrected chi connectivity index (χ0v) is 7.58. The topological polar surface area (TPSA) is 79.3 Å². The van der Waals surface area contributed by atoms with Crippen molar-refractivity contribution in [2.75, 3.05) is 5.32 Å². The second kappa shape index (κ2) is 4.17. The molecular weight excluding hydrogens is 229 g/mol.